The highest BCUT2D eigenvalue weighted by molar-refractivity contribution is 6.39. The Morgan fingerprint density at radius 2 is 1.90 bits per heavy atom. The van der Waals surface area contributed by atoms with E-state index in [2.05, 4.69) is 5.32 Å². The fourth-order valence-electron chi connectivity index (χ4n) is 2.02. The summed E-state index contributed by atoms with van der Waals surface area (Å²) in [5, 5.41) is 3.49. The van der Waals surface area contributed by atoms with Gasteiger partial charge in [0.1, 0.15) is 0 Å². The predicted octanol–water partition coefficient (Wildman–Crippen LogP) is 3.33. The van der Waals surface area contributed by atoms with Gasteiger partial charge >= 0.3 is 0 Å². The number of nitrogens with one attached hydrogen (secondary N) is 1. The summed E-state index contributed by atoms with van der Waals surface area (Å²) in [4.78, 5) is 25.1. The van der Waals surface area contributed by atoms with Gasteiger partial charge in [-0.05, 0) is 25.0 Å². The number of carbonyl (C=O) groups is 2. The molecule has 108 valence electrons. The lowest BCUT2D eigenvalue weighted by Crippen LogP contribution is -2.33. The first-order valence-corrected chi connectivity index (χ1v) is 7.25. The Morgan fingerprint density at radius 1 is 1.30 bits per heavy atom. The number of halogens is 2. The van der Waals surface area contributed by atoms with Crippen molar-refractivity contribution in [2.24, 2.45) is 0 Å². The second-order valence-electron chi connectivity index (χ2n) is 4.84. The molecule has 2 rings (SSSR count). The standard InChI is InChI=1S/C14H16Cl2N2O2/c1-9(19)18(10-5-6-10)8-7-13(20)17-14-11(15)3-2-4-12(14)16/h2-4,10H,5-8H2,1H3,(H,17,20). The summed E-state index contributed by atoms with van der Waals surface area (Å²) in [6.07, 6.45) is 2.28. The van der Waals surface area contributed by atoms with Gasteiger partial charge in [0.25, 0.3) is 0 Å². The van der Waals surface area contributed by atoms with Crippen LogP contribution in [0.15, 0.2) is 18.2 Å². The molecule has 4 nitrogen and oxygen atoms in total. The maximum atomic E-state index is 11.9. The monoisotopic (exact) mass is 314 g/mol. The van der Waals surface area contributed by atoms with Crippen molar-refractivity contribution >= 4 is 40.7 Å². The quantitative estimate of drug-likeness (QED) is 0.906. The van der Waals surface area contributed by atoms with Crippen LogP contribution < -0.4 is 5.32 Å². The number of carbonyl (C=O) groups excluding carboxylic acids is 2. The lowest BCUT2D eigenvalue weighted by molar-refractivity contribution is -0.129. The Hall–Kier alpha value is -1.26. The lowest BCUT2D eigenvalue weighted by Gasteiger charge is -2.20. The highest BCUT2D eigenvalue weighted by Crippen LogP contribution is 2.30. The van der Waals surface area contributed by atoms with Gasteiger partial charge in [-0.1, -0.05) is 29.3 Å². The molecule has 1 aromatic carbocycles. The van der Waals surface area contributed by atoms with Crippen LogP contribution in [-0.4, -0.2) is 29.3 Å². The first-order chi connectivity index (χ1) is 9.49. The average molecular weight is 315 g/mol. The molecule has 0 aliphatic heterocycles. The van der Waals surface area contributed by atoms with Crippen LogP contribution >= 0.6 is 23.2 Å². The number of nitrogens with zero attached hydrogens (tertiary/aromatic N) is 1. The van der Waals surface area contributed by atoms with Crippen molar-refractivity contribution in [3.63, 3.8) is 0 Å². The first kappa shape index (κ1) is 15.1. The number of rotatable bonds is 5. The minimum Gasteiger partial charge on any atom is -0.339 e. The molecular weight excluding hydrogens is 299 g/mol. The Morgan fingerprint density at radius 3 is 2.40 bits per heavy atom. The zero-order chi connectivity index (χ0) is 14.7. The van der Waals surface area contributed by atoms with Crippen LogP contribution in [0.25, 0.3) is 0 Å². The molecule has 1 saturated carbocycles. The van der Waals surface area contributed by atoms with Crippen molar-refractivity contribution in [2.75, 3.05) is 11.9 Å². The number of anilines is 1. The van der Waals surface area contributed by atoms with Gasteiger partial charge in [0.15, 0.2) is 0 Å². The van der Waals surface area contributed by atoms with Gasteiger partial charge in [-0.2, -0.15) is 0 Å². The smallest absolute Gasteiger partial charge is 0.226 e. The van der Waals surface area contributed by atoms with Gasteiger partial charge < -0.3 is 10.2 Å². The lowest BCUT2D eigenvalue weighted by atomic mass is 10.3. The van der Waals surface area contributed by atoms with Crippen LogP contribution in [0.3, 0.4) is 0 Å². The van der Waals surface area contributed by atoms with Crippen molar-refractivity contribution in [2.45, 2.75) is 32.2 Å². The fourth-order valence-corrected chi connectivity index (χ4v) is 2.52. The maximum Gasteiger partial charge on any atom is 0.226 e. The molecule has 1 aliphatic carbocycles. The van der Waals surface area contributed by atoms with Gasteiger partial charge in [-0.3, -0.25) is 9.59 Å². The zero-order valence-corrected chi connectivity index (χ0v) is 12.7. The van der Waals surface area contributed by atoms with Crippen molar-refractivity contribution in [1.29, 1.82) is 0 Å². The van der Waals surface area contributed by atoms with E-state index >= 15 is 0 Å². The molecule has 1 fully saturated rings. The Balaban J connectivity index is 1.91. The third kappa shape index (κ3) is 3.87. The number of benzene rings is 1. The van der Waals surface area contributed by atoms with E-state index in [1.54, 1.807) is 23.1 Å². The van der Waals surface area contributed by atoms with E-state index in [0.717, 1.165) is 12.8 Å². The molecule has 0 radical (unpaired) electrons. The van der Waals surface area contributed by atoms with Crippen LogP contribution in [0.4, 0.5) is 5.69 Å². The number of hydrogen-bond acceptors (Lipinski definition) is 2. The van der Waals surface area contributed by atoms with Gasteiger partial charge in [0, 0.05) is 25.9 Å². The minimum absolute atomic E-state index is 0.0103. The van der Waals surface area contributed by atoms with E-state index in [9.17, 15) is 9.59 Å². The molecule has 0 unspecified atom stereocenters. The van der Waals surface area contributed by atoms with E-state index in [0.29, 0.717) is 28.3 Å². The van der Waals surface area contributed by atoms with Crippen molar-refractivity contribution < 1.29 is 9.59 Å². The molecule has 0 aromatic heterocycles. The van der Waals surface area contributed by atoms with Crippen molar-refractivity contribution in [3.8, 4) is 0 Å². The van der Waals surface area contributed by atoms with Crippen LogP contribution in [-0.2, 0) is 9.59 Å². The summed E-state index contributed by atoms with van der Waals surface area (Å²) in [7, 11) is 0. The SMILES string of the molecule is CC(=O)N(CCC(=O)Nc1c(Cl)cccc1Cl)C1CC1. The van der Waals surface area contributed by atoms with Crippen LogP contribution in [0.5, 0.6) is 0 Å². The highest BCUT2D eigenvalue weighted by Gasteiger charge is 2.30. The molecule has 0 heterocycles. The number of amides is 2. The summed E-state index contributed by atoms with van der Waals surface area (Å²) in [6.45, 7) is 1.95. The first-order valence-electron chi connectivity index (χ1n) is 6.50. The maximum absolute atomic E-state index is 11.9. The molecule has 0 spiro atoms. The number of para-hydroxylation sites is 1. The normalized spacial score (nSPS) is 13.9. The predicted molar refractivity (Wildman–Crippen MR) is 80.1 cm³/mol. The van der Waals surface area contributed by atoms with Crippen LogP contribution in [0.2, 0.25) is 10.0 Å². The molecule has 2 amide bonds. The van der Waals surface area contributed by atoms with Gasteiger partial charge in [-0.15, -0.1) is 0 Å². The third-order valence-corrected chi connectivity index (χ3v) is 3.83. The Kier molecular flexibility index (Phi) is 4.89. The van der Waals surface area contributed by atoms with Crippen molar-refractivity contribution in [3.05, 3.63) is 28.2 Å². The largest absolute Gasteiger partial charge is 0.339 e. The van der Waals surface area contributed by atoms with E-state index in [1.165, 1.54) is 6.92 Å². The zero-order valence-electron chi connectivity index (χ0n) is 11.2. The Labute approximate surface area is 128 Å². The van der Waals surface area contributed by atoms with Gasteiger partial charge in [0.2, 0.25) is 11.8 Å². The molecule has 20 heavy (non-hydrogen) atoms. The van der Waals surface area contributed by atoms with E-state index < -0.39 is 0 Å². The topological polar surface area (TPSA) is 49.4 Å². The second kappa shape index (κ2) is 6.46. The molecule has 1 aromatic rings. The van der Waals surface area contributed by atoms with Crippen molar-refractivity contribution in [1.82, 2.24) is 4.90 Å². The van der Waals surface area contributed by atoms with Gasteiger partial charge in [-0.25, -0.2) is 0 Å². The van der Waals surface area contributed by atoms with Gasteiger partial charge in [0.05, 0.1) is 15.7 Å². The summed E-state index contributed by atoms with van der Waals surface area (Å²) < 4.78 is 0. The minimum atomic E-state index is -0.202. The average Bonchev–Trinajstić information content (AvgIpc) is 3.18. The van der Waals surface area contributed by atoms with E-state index in [1.807, 2.05) is 0 Å². The summed E-state index contributed by atoms with van der Waals surface area (Å²) in [5.74, 6) is -0.192. The molecule has 0 saturated heterocycles. The van der Waals surface area contributed by atoms with Crippen LogP contribution in [0, 0.1) is 0 Å². The molecule has 1 aliphatic rings. The second-order valence-corrected chi connectivity index (χ2v) is 5.65. The number of hydrogen-bond donors (Lipinski definition) is 1. The molecule has 6 heteroatoms. The molecule has 1 N–H and O–H groups in total. The summed E-state index contributed by atoms with van der Waals surface area (Å²) in [6, 6.07) is 5.35. The summed E-state index contributed by atoms with van der Waals surface area (Å²) >= 11 is 12.0. The highest BCUT2D eigenvalue weighted by atomic mass is 35.5. The third-order valence-electron chi connectivity index (χ3n) is 3.20. The van der Waals surface area contributed by atoms with Crippen LogP contribution in [0.1, 0.15) is 26.2 Å². The van der Waals surface area contributed by atoms with E-state index in [4.69, 9.17) is 23.2 Å². The summed E-state index contributed by atoms with van der Waals surface area (Å²) in [5.41, 5.74) is 0.418. The van der Waals surface area contributed by atoms with E-state index in [-0.39, 0.29) is 18.2 Å². The molecule has 0 atom stereocenters. The molecule has 0 bridgehead atoms. The fraction of sp³-hybridized carbons (Fsp3) is 0.429. The Bertz CT molecular complexity index is 510. The molecular formula is C14H16Cl2N2O2.